The number of hydrogen-bond acceptors (Lipinski definition) is 4. The summed E-state index contributed by atoms with van der Waals surface area (Å²) in [4.78, 5) is 26.0. The van der Waals surface area contributed by atoms with E-state index in [-0.39, 0.29) is 11.9 Å². The fourth-order valence-corrected chi connectivity index (χ4v) is 3.81. The van der Waals surface area contributed by atoms with Crippen molar-refractivity contribution in [2.24, 2.45) is 0 Å². The molecule has 0 aliphatic heterocycles. The molecular formula is C24H25F3N4O4. The van der Waals surface area contributed by atoms with Crippen LogP contribution in [0.5, 0.6) is 0 Å². The van der Waals surface area contributed by atoms with E-state index < -0.39 is 12.1 Å². The number of amides is 1. The van der Waals surface area contributed by atoms with E-state index in [4.69, 9.17) is 14.6 Å². The van der Waals surface area contributed by atoms with Gasteiger partial charge in [0, 0.05) is 31.3 Å². The highest BCUT2D eigenvalue weighted by molar-refractivity contribution is 6.12. The molecule has 0 spiro atoms. The van der Waals surface area contributed by atoms with Crippen LogP contribution in [0.4, 0.5) is 18.9 Å². The van der Waals surface area contributed by atoms with Crippen molar-refractivity contribution in [3.63, 3.8) is 0 Å². The normalized spacial score (nSPS) is 11.5. The number of nitrogens with zero attached hydrogens (tertiary/aromatic N) is 3. The molecule has 4 aromatic rings. The number of carboxylic acid groups (broad SMARTS) is 1. The number of methoxy groups -OCH3 is 1. The predicted molar refractivity (Wildman–Crippen MR) is 126 cm³/mol. The minimum Gasteiger partial charge on any atom is -0.475 e. The molecule has 0 atom stereocenters. The van der Waals surface area contributed by atoms with Gasteiger partial charge in [0.05, 0.1) is 35.0 Å². The van der Waals surface area contributed by atoms with Crippen LogP contribution in [0, 0.1) is 0 Å². The summed E-state index contributed by atoms with van der Waals surface area (Å²) in [6, 6.07) is 14.2. The quantitative estimate of drug-likeness (QED) is 0.392. The molecule has 0 saturated heterocycles. The average molecular weight is 490 g/mol. The third-order valence-corrected chi connectivity index (χ3v) is 5.18. The molecule has 1 amide bonds. The van der Waals surface area contributed by atoms with Gasteiger partial charge < -0.3 is 24.3 Å². The van der Waals surface area contributed by atoms with Crippen molar-refractivity contribution < 1.29 is 32.6 Å². The number of hydrogen-bond donors (Lipinski definition) is 2. The Morgan fingerprint density at radius 3 is 2.40 bits per heavy atom. The largest absolute Gasteiger partial charge is 0.490 e. The van der Waals surface area contributed by atoms with Gasteiger partial charge in [-0.1, -0.05) is 18.2 Å². The molecule has 0 fully saturated rings. The molecule has 0 unspecified atom stereocenters. The lowest BCUT2D eigenvalue weighted by molar-refractivity contribution is -0.192. The van der Waals surface area contributed by atoms with Crippen LogP contribution < -0.4 is 5.32 Å². The molecule has 186 valence electrons. The lowest BCUT2D eigenvalue weighted by Crippen LogP contribution is -2.21. The number of carbonyl (C=O) groups excluding carboxylic acids is 1. The van der Waals surface area contributed by atoms with E-state index in [0.717, 1.165) is 16.4 Å². The van der Waals surface area contributed by atoms with Gasteiger partial charge in [-0.2, -0.15) is 13.2 Å². The van der Waals surface area contributed by atoms with E-state index >= 15 is 0 Å². The molecule has 0 radical (unpaired) electrons. The van der Waals surface area contributed by atoms with Gasteiger partial charge in [-0.3, -0.25) is 9.78 Å². The summed E-state index contributed by atoms with van der Waals surface area (Å²) in [6.07, 6.45) is -1.76. The summed E-state index contributed by atoms with van der Waals surface area (Å²) in [6.45, 7) is 5.45. The van der Waals surface area contributed by atoms with E-state index in [1.165, 1.54) is 5.52 Å². The average Bonchev–Trinajstić information content (AvgIpc) is 3.32. The van der Waals surface area contributed by atoms with Gasteiger partial charge in [-0.15, -0.1) is 0 Å². The molecule has 0 aliphatic rings. The van der Waals surface area contributed by atoms with Crippen molar-refractivity contribution >= 4 is 39.5 Å². The topological polar surface area (TPSA) is 98.4 Å². The molecule has 35 heavy (non-hydrogen) atoms. The fraction of sp³-hybridized carbons (Fsp3) is 0.292. The zero-order chi connectivity index (χ0) is 25.8. The molecule has 3 heterocycles. The molecule has 4 rings (SSSR count). The molecule has 0 aliphatic carbocycles. The Kier molecular flexibility index (Phi) is 7.80. The number of halogens is 3. The molecule has 1 aromatic carbocycles. The first-order chi connectivity index (χ1) is 16.6. The number of benzene rings is 1. The van der Waals surface area contributed by atoms with Gasteiger partial charge in [0.1, 0.15) is 5.69 Å². The number of aromatic nitrogens is 3. The van der Waals surface area contributed by atoms with Crippen molar-refractivity contribution in [1.82, 2.24) is 14.1 Å². The molecule has 2 N–H and O–H groups in total. The number of pyridine rings is 1. The van der Waals surface area contributed by atoms with E-state index in [2.05, 4.69) is 51.5 Å². The van der Waals surface area contributed by atoms with Crippen LogP contribution in [0.25, 0.3) is 21.9 Å². The Bertz CT molecular complexity index is 1330. The summed E-state index contributed by atoms with van der Waals surface area (Å²) < 4.78 is 41.4. The van der Waals surface area contributed by atoms with Crippen LogP contribution >= 0.6 is 0 Å². The molecule has 11 heteroatoms. The van der Waals surface area contributed by atoms with Gasteiger partial charge in [0.2, 0.25) is 0 Å². The van der Waals surface area contributed by atoms with Gasteiger partial charge in [-0.25, -0.2) is 4.79 Å². The lowest BCUT2D eigenvalue weighted by atomic mass is 10.2. The predicted octanol–water partition coefficient (Wildman–Crippen LogP) is 5.10. The standard InChI is InChI=1S/C22H24N4O2.C2HF3O2/c1-15(2)26-18-9-5-4-8-17(18)21-19(26)13-20(25(21)11-12-28-3)22(27)24-16-7-6-10-23-14-16;3-2(4,5)1(6)7/h4-10,13-15H,11-12H2,1-3H3,(H,24,27);(H,6,7). The summed E-state index contributed by atoms with van der Waals surface area (Å²) in [5.74, 6) is -2.91. The van der Waals surface area contributed by atoms with Crippen molar-refractivity contribution in [3.05, 3.63) is 60.6 Å². The zero-order valence-electron chi connectivity index (χ0n) is 19.3. The first kappa shape index (κ1) is 25.8. The van der Waals surface area contributed by atoms with E-state index in [1.807, 2.05) is 18.2 Å². The second-order valence-corrected chi connectivity index (χ2v) is 7.89. The summed E-state index contributed by atoms with van der Waals surface area (Å²) in [5, 5.41) is 11.2. The Balaban J connectivity index is 0.000000429. The first-order valence-corrected chi connectivity index (χ1v) is 10.7. The van der Waals surface area contributed by atoms with Gasteiger partial charge in [0.15, 0.2) is 0 Å². The maximum atomic E-state index is 13.1. The third kappa shape index (κ3) is 5.62. The molecule has 0 saturated carbocycles. The summed E-state index contributed by atoms with van der Waals surface area (Å²) in [5.41, 5.74) is 4.59. The number of para-hydroxylation sites is 1. The maximum absolute atomic E-state index is 13.1. The highest BCUT2D eigenvalue weighted by atomic mass is 19.4. The number of alkyl halides is 3. The number of fused-ring (bicyclic) bond motifs is 3. The second kappa shape index (κ2) is 10.6. The van der Waals surface area contributed by atoms with E-state index in [0.29, 0.717) is 24.5 Å². The highest BCUT2D eigenvalue weighted by Gasteiger charge is 2.38. The molecule has 0 bridgehead atoms. The number of rotatable bonds is 6. The van der Waals surface area contributed by atoms with Gasteiger partial charge in [0.25, 0.3) is 5.91 Å². The second-order valence-electron chi connectivity index (χ2n) is 7.89. The van der Waals surface area contributed by atoms with Crippen molar-refractivity contribution in [1.29, 1.82) is 0 Å². The highest BCUT2D eigenvalue weighted by Crippen LogP contribution is 2.34. The minimum atomic E-state index is -5.08. The lowest BCUT2D eigenvalue weighted by Gasteiger charge is -2.11. The Morgan fingerprint density at radius 2 is 1.83 bits per heavy atom. The van der Waals surface area contributed by atoms with Crippen molar-refractivity contribution in [2.45, 2.75) is 32.6 Å². The molecular weight excluding hydrogens is 465 g/mol. The number of carboxylic acids is 1. The Morgan fingerprint density at radius 1 is 1.14 bits per heavy atom. The summed E-state index contributed by atoms with van der Waals surface area (Å²) >= 11 is 0. The van der Waals surface area contributed by atoms with E-state index in [9.17, 15) is 18.0 Å². The Labute approximate surface area is 198 Å². The number of ether oxygens (including phenoxy) is 1. The SMILES string of the molecule is COCCn1c(C(=O)Nc2cccnc2)cc2c1c1ccccc1n2C(C)C.O=C(O)C(F)(F)F. The smallest absolute Gasteiger partial charge is 0.475 e. The van der Waals surface area contributed by atoms with Gasteiger partial charge in [-0.05, 0) is 38.1 Å². The number of aliphatic carboxylic acids is 1. The summed E-state index contributed by atoms with van der Waals surface area (Å²) in [7, 11) is 1.67. The number of nitrogens with one attached hydrogen (secondary N) is 1. The van der Waals surface area contributed by atoms with Crippen LogP contribution in [0.15, 0.2) is 54.9 Å². The van der Waals surface area contributed by atoms with Crippen LogP contribution in [-0.4, -0.2) is 51.0 Å². The van der Waals surface area contributed by atoms with Crippen molar-refractivity contribution in [3.8, 4) is 0 Å². The maximum Gasteiger partial charge on any atom is 0.490 e. The van der Waals surface area contributed by atoms with Crippen molar-refractivity contribution in [2.75, 3.05) is 19.0 Å². The van der Waals surface area contributed by atoms with Crippen LogP contribution in [0.3, 0.4) is 0 Å². The van der Waals surface area contributed by atoms with E-state index in [1.54, 1.807) is 25.6 Å². The van der Waals surface area contributed by atoms with Crippen LogP contribution in [0.1, 0.15) is 30.4 Å². The number of anilines is 1. The zero-order valence-corrected chi connectivity index (χ0v) is 19.3. The first-order valence-electron chi connectivity index (χ1n) is 10.7. The number of carbonyl (C=O) groups is 2. The van der Waals surface area contributed by atoms with Crippen LogP contribution in [-0.2, 0) is 16.1 Å². The Hall–Kier alpha value is -3.86. The third-order valence-electron chi connectivity index (χ3n) is 5.18. The fourth-order valence-electron chi connectivity index (χ4n) is 3.81. The minimum absolute atomic E-state index is 0.153. The molecule has 8 nitrogen and oxygen atoms in total. The van der Waals surface area contributed by atoms with Gasteiger partial charge >= 0.3 is 12.1 Å². The van der Waals surface area contributed by atoms with Crippen LogP contribution in [0.2, 0.25) is 0 Å². The monoisotopic (exact) mass is 490 g/mol. The molecule has 3 aromatic heterocycles.